The first-order valence-corrected chi connectivity index (χ1v) is 12.0. The molecule has 0 bridgehead atoms. The van der Waals surface area contributed by atoms with Crippen LogP contribution in [0.5, 0.6) is 0 Å². The van der Waals surface area contributed by atoms with Gasteiger partial charge in [0.2, 0.25) is 0 Å². The van der Waals surface area contributed by atoms with Gasteiger partial charge < -0.3 is 0 Å². The van der Waals surface area contributed by atoms with Crippen LogP contribution >= 0.6 is 0 Å². The zero-order valence-corrected chi connectivity index (χ0v) is 22.1. The standard InChI is InChI=1S/C30HF9N8/c31-22-16-11(14(8(2-40)3-41)18(13(16)7-45)21-25(34)29(38)47-30(39)26(21)35)1-10-12(6-44)17(15(19(10)22)9(4-42)5-43)20-23(32)27(36)46-28(37)24(20)33/h1H. The van der Waals surface area contributed by atoms with Crippen molar-refractivity contribution in [3.63, 3.8) is 0 Å². The molecule has 0 atom stereocenters. The summed E-state index contributed by atoms with van der Waals surface area (Å²) in [6.07, 6.45) is 0. The minimum atomic E-state index is -2.25. The fourth-order valence-corrected chi connectivity index (χ4v) is 5.23. The van der Waals surface area contributed by atoms with Crippen LogP contribution in [0.3, 0.4) is 0 Å². The lowest BCUT2D eigenvalue weighted by Crippen LogP contribution is -2.07. The fraction of sp³-hybridized carbons (Fsp3) is 0. The quantitative estimate of drug-likeness (QED) is 0.180. The van der Waals surface area contributed by atoms with E-state index in [1.165, 1.54) is 36.4 Å². The predicted molar refractivity (Wildman–Crippen MR) is 136 cm³/mol. The Hall–Kier alpha value is -7.21. The summed E-state index contributed by atoms with van der Waals surface area (Å²) in [4.78, 5) is 4.76. The monoisotopic (exact) mass is 644 g/mol. The lowest BCUT2D eigenvalue weighted by molar-refractivity contribution is 0.404. The molecule has 5 rings (SSSR count). The number of hydrogen-bond acceptors (Lipinski definition) is 8. The SMILES string of the molecule is N#CC(C#N)=C1C(c2c(F)c(F)nc(F)c2F)=C(C#N)c2c1cc1c(c2F)C(=C(C#N)C#N)C(c2c(F)c(F)nc(F)c2F)=C1C#N. The predicted octanol–water partition coefficient (Wildman–Crippen LogP) is 6.23. The summed E-state index contributed by atoms with van der Waals surface area (Å²) in [6, 6.07) is 8.53. The normalized spacial score (nSPS) is 12.8. The van der Waals surface area contributed by atoms with Gasteiger partial charge in [-0.2, -0.15) is 59.1 Å². The average Bonchev–Trinajstić information content (AvgIpc) is 3.54. The molecule has 0 saturated carbocycles. The molecule has 1 aromatic carbocycles. The van der Waals surface area contributed by atoms with Crippen molar-refractivity contribution in [3.05, 3.63) is 103 Å². The van der Waals surface area contributed by atoms with Crippen LogP contribution in [0.4, 0.5) is 39.5 Å². The van der Waals surface area contributed by atoms with Crippen molar-refractivity contribution in [3.8, 4) is 36.4 Å². The number of halogens is 9. The van der Waals surface area contributed by atoms with Gasteiger partial charge >= 0.3 is 0 Å². The zero-order chi connectivity index (χ0) is 34.6. The van der Waals surface area contributed by atoms with E-state index in [2.05, 4.69) is 9.97 Å². The van der Waals surface area contributed by atoms with Gasteiger partial charge in [0.15, 0.2) is 23.3 Å². The molecule has 0 N–H and O–H groups in total. The minimum absolute atomic E-state index is 0.632. The largest absolute Gasteiger partial charge is 0.252 e. The van der Waals surface area contributed by atoms with Gasteiger partial charge in [-0.05, 0) is 11.6 Å². The van der Waals surface area contributed by atoms with Crippen molar-refractivity contribution in [2.45, 2.75) is 0 Å². The maximum Gasteiger partial charge on any atom is 0.252 e. The highest BCUT2D eigenvalue weighted by molar-refractivity contribution is 6.30. The van der Waals surface area contributed by atoms with Gasteiger partial charge in [-0.25, -0.2) is 22.0 Å². The van der Waals surface area contributed by atoms with E-state index >= 15 is 22.0 Å². The maximum atomic E-state index is 16.8. The van der Waals surface area contributed by atoms with Crippen molar-refractivity contribution in [2.24, 2.45) is 0 Å². The van der Waals surface area contributed by atoms with Crippen LogP contribution in [0.1, 0.15) is 33.4 Å². The molecule has 0 aliphatic heterocycles. The molecule has 0 amide bonds. The summed E-state index contributed by atoms with van der Waals surface area (Å²) < 4.78 is 134. The second-order valence-electron chi connectivity index (χ2n) is 9.10. The number of fused-ring (bicyclic) bond motifs is 2. The Balaban J connectivity index is 2.06. The molecule has 0 radical (unpaired) electrons. The molecule has 8 nitrogen and oxygen atoms in total. The highest BCUT2D eigenvalue weighted by atomic mass is 19.2. The van der Waals surface area contributed by atoms with Gasteiger partial charge in [0.05, 0.1) is 22.3 Å². The Morgan fingerprint density at radius 3 is 1.21 bits per heavy atom. The van der Waals surface area contributed by atoms with Crippen molar-refractivity contribution in [1.82, 2.24) is 9.97 Å². The van der Waals surface area contributed by atoms with Crippen molar-refractivity contribution in [1.29, 1.82) is 31.6 Å². The molecule has 0 saturated heterocycles. The number of aromatic nitrogens is 2. The second-order valence-corrected chi connectivity index (χ2v) is 9.10. The van der Waals surface area contributed by atoms with E-state index in [9.17, 15) is 49.1 Å². The summed E-state index contributed by atoms with van der Waals surface area (Å²) in [5, 5.41) is 58.7. The highest BCUT2D eigenvalue weighted by Crippen LogP contribution is 2.56. The van der Waals surface area contributed by atoms with E-state index in [4.69, 9.17) is 0 Å². The first kappa shape index (κ1) is 31.2. The van der Waals surface area contributed by atoms with Crippen molar-refractivity contribution in [2.75, 3.05) is 0 Å². The first-order valence-electron chi connectivity index (χ1n) is 12.0. The van der Waals surface area contributed by atoms with Gasteiger partial charge in [0, 0.05) is 39.0 Å². The Kier molecular flexibility index (Phi) is 7.34. The molecule has 17 heteroatoms. The molecule has 2 heterocycles. The number of hydrogen-bond donors (Lipinski definition) is 0. The van der Waals surface area contributed by atoms with E-state index in [1.807, 2.05) is 0 Å². The van der Waals surface area contributed by atoms with Crippen LogP contribution in [0.15, 0.2) is 17.2 Å². The van der Waals surface area contributed by atoms with E-state index < -0.39 is 131 Å². The van der Waals surface area contributed by atoms with E-state index in [1.54, 1.807) is 0 Å². The molecule has 0 fully saturated rings. The topological polar surface area (TPSA) is 169 Å². The summed E-state index contributed by atoms with van der Waals surface area (Å²) in [5.41, 5.74) is -16.5. The van der Waals surface area contributed by atoms with Crippen LogP contribution in [0.25, 0.3) is 33.4 Å². The molecule has 47 heavy (non-hydrogen) atoms. The maximum absolute atomic E-state index is 16.8. The van der Waals surface area contributed by atoms with Crippen LogP contribution in [0, 0.1) is 121 Å². The van der Waals surface area contributed by atoms with Crippen molar-refractivity contribution < 1.29 is 39.5 Å². The Morgan fingerprint density at radius 1 is 0.447 bits per heavy atom. The summed E-state index contributed by atoms with van der Waals surface area (Å²) >= 11 is 0. The highest BCUT2D eigenvalue weighted by Gasteiger charge is 2.44. The Bertz CT molecular complexity index is 2380. The summed E-state index contributed by atoms with van der Waals surface area (Å²) in [6.45, 7) is 0. The van der Waals surface area contributed by atoms with Gasteiger partial charge in [-0.15, -0.1) is 0 Å². The number of rotatable bonds is 2. The molecular formula is C30HF9N8. The Labute approximate surface area is 254 Å². The molecule has 0 spiro atoms. The molecule has 3 aromatic rings. The number of pyridine rings is 2. The number of allylic oxidation sites excluding steroid dienone is 8. The van der Waals surface area contributed by atoms with Crippen molar-refractivity contribution >= 4 is 33.4 Å². The van der Waals surface area contributed by atoms with Crippen LogP contribution in [-0.4, -0.2) is 9.97 Å². The third-order valence-electron chi connectivity index (χ3n) is 6.97. The third-order valence-corrected chi connectivity index (χ3v) is 6.97. The molecule has 2 aliphatic carbocycles. The van der Waals surface area contributed by atoms with Crippen LogP contribution in [-0.2, 0) is 0 Å². The molecular weight excluding hydrogens is 643 g/mol. The van der Waals surface area contributed by atoms with Crippen LogP contribution in [0.2, 0.25) is 0 Å². The average molecular weight is 644 g/mol. The third kappa shape index (κ3) is 4.13. The fourth-order valence-electron chi connectivity index (χ4n) is 5.23. The lowest BCUT2D eigenvalue weighted by atomic mass is 9.89. The minimum Gasteiger partial charge on any atom is -0.206 e. The van der Waals surface area contributed by atoms with Gasteiger partial charge in [-0.3, -0.25) is 0 Å². The second kappa shape index (κ2) is 11.1. The molecule has 2 aliphatic rings. The van der Waals surface area contributed by atoms with Gasteiger partial charge in [-0.1, -0.05) is 0 Å². The molecule has 0 unspecified atom stereocenters. The van der Waals surface area contributed by atoms with E-state index in [-0.39, 0.29) is 0 Å². The zero-order valence-electron chi connectivity index (χ0n) is 22.1. The van der Waals surface area contributed by atoms with E-state index in [0.717, 1.165) is 0 Å². The number of nitriles is 6. The Morgan fingerprint density at radius 2 is 0.830 bits per heavy atom. The van der Waals surface area contributed by atoms with E-state index in [0.29, 0.717) is 6.07 Å². The summed E-state index contributed by atoms with van der Waals surface area (Å²) in [5.74, 6) is -19.8. The lowest BCUT2D eigenvalue weighted by Gasteiger charge is -2.13. The number of benzene rings is 1. The first-order chi connectivity index (χ1) is 22.3. The molecule has 224 valence electrons. The molecule has 2 aromatic heterocycles. The number of nitrogens with zero attached hydrogens (tertiary/aromatic N) is 8. The van der Waals surface area contributed by atoms with Gasteiger partial charge in [0.1, 0.15) is 53.4 Å². The van der Waals surface area contributed by atoms with Crippen LogP contribution < -0.4 is 0 Å². The summed E-state index contributed by atoms with van der Waals surface area (Å²) in [7, 11) is 0. The smallest absolute Gasteiger partial charge is 0.206 e. The van der Waals surface area contributed by atoms with Gasteiger partial charge in [0.25, 0.3) is 23.8 Å².